The summed E-state index contributed by atoms with van der Waals surface area (Å²) in [5.74, 6) is 0. The molecule has 0 heterocycles. The average molecular weight is 197 g/mol. The van der Waals surface area contributed by atoms with Gasteiger partial charge in [0.05, 0.1) is 4.90 Å². The van der Waals surface area contributed by atoms with Gasteiger partial charge in [-0.05, 0) is 26.0 Å². The second kappa shape index (κ2) is 3.70. The van der Waals surface area contributed by atoms with Crippen LogP contribution >= 0.6 is 0 Å². The van der Waals surface area contributed by atoms with Gasteiger partial charge in [0.2, 0.25) is 0 Å². The van der Waals surface area contributed by atoms with E-state index in [-0.39, 0.29) is 4.90 Å². The van der Waals surface area contributed by atoms with Crippen LogP contribution in [0.15, 0.2) is 39.6 Å². The summed E-state index contributed by atoms with van der Waals surface area (Å²) in [6.45, 7) is 3.31. The molecule has 0 amide bonds. The molecule has 1 rings (SSSR count). The van der Waals surface area contributed by atoms with Gasteiger partial charge < -0.3 is 0 Å². The summed E-state index contributed by atoms with van der Waals surface area (Å²) in [7, 11) is -3.47. The molecule has 0 bridgehead atoms. The third kappa shape index (κ3) is 2.66. The summed E-state index contributed by atoms with van der Waals surface area (Å²) in [6.07, 6.45) is 0. The van der Waals surface area contributed by atoms with Gasteiger partial charge in [-0.1, -0.05) is 18.2 Å². The molecule has 0 aliphatic heterocycles. The fourth-order valence-electron chi connectivity index (χ4n) is 0.886. The molecule has 70 valence electrons. The van der Waals surface area contributed by atoms with E-state index in [9.17, 15) is 8.42 Å². The molecule has 0 radical (unpaired) electrons. The highest BCUT2D eigenvalue weighted by atomic mass is 32.2. The second-order valence-electron chi connectivity index (χ2n) is 2.83. The van der Waals surface area contributed by atoms with Gasteiger partial charge in [0.25, 0.3) is 10.0 Å². The fraction of sp³-hybridized carbons (Fsp3) is 0.222. The van der Waals surface area contributed by atoms with Gasteiger partial charge in [-0.3, -0.25) is 0 Å². The molecule has 3 nitrogen and oxygen atoms in total. The molecule has 0 aliphatic rings. The number of sulfonamides is 1. The zero-order valence-corrected chi connectivity index (χ0v) is 8.38. The Morgan fingerprint density at radius 2 is 1.69 bits per heavy atom. The first kappa shape index (κ1) is 9.92. The Bertz CT molecular complexity index is 403. The molecule has 0 fully saturated rings. The number of hydrogen-bond acceptors (Lipinski definition) is 2. The Morgan fingerprint density at radius 3 is 2.15 bits per heavy atom. The SMILES string of the molecule is CC(C)=NS(=O)(=O)c1ccccc1. The van der Waals surface area contributed by atoms with Gasteiger partial charge in [0.1, 0.15) is 0 Å². The van der Waals surface area contributed by atoms with Crippen molar-refractivity contribution in [2.45, 2.75) is 18.7 Å². The highest BCUT2D eigenvalue weighted by Crippen LogP contribution is 2.10. The van der Waals surface area contributed by atoms with E-state index in [0.717, 1.165) is 0 Å². The van der Waals surface area contributed by atoms with Crippen molar-refractivity contribution in [1.29, 1.82) is 0 Å². The minimum atomic E-state index is -3.47. The molecule has 0 saturated carbocycles. The first-order valence-corrected chi connectivity index (χ1v) is 5.29. The summed E-state index contributed by atoms with van der Waals surface area (Å²) in [5, 5.41) is 0. The van der Waals surface area contributed by atoms with Crippen LogP contribution in [0.5, 0.6) is 0 Å². The summed E-state index contributed by atoms with van der Waals surface area (Å²) >= 11 is 0. The van der Waals surface area contributed by atoms with Crippen LogP contribution in [0.2, 0.25) is 0 Å². The monoisotopic (exact) mass is 197 g/mol. The minimum absolute atomic E-state index is 0.233. The van der Waals surface area contributed by atoms with Gasteiger partial charge in [0.15, 0.2) is 0 Å². The molecule has 0 aliphatic carbocycles. The maximum atomic E-state index is 11.5. The van der Waals surface area contributed by atoms with Crippen LogP contribution in [0.1, 0.15) is 13.8 Å². The molecule has 0 N–H and O–H groups in total. The number of benzene rings is 1. The van der Waals surface area contributed by atoms with Crippen LogP contribution in [-0.2, 0) is 10.0 Å². The molecule has 1 aromatic rings. The quantitative estimate of drug-likeness (QED) is 0.679. The van der Waals surface area contributed by atoms with E-state index in [2.05, 4.69) is 4.40 Å². The molecule has 0 aromatic heterocycles. The van der Waals surface area contributed by atoms with Crippen molar-refractivity contribution in [3.63, 3.8) is 0 Å². The van der Waals surface area contributed by atoms with Gasteiger partial charge in [0, 0.05) is 5.71 Å². The van der Waals surface area contributed by atoms with E-state index in [1.165, 1.54) is 12.1 Å². The van der Waals surface area contributed by atoms with Crippen molar-refractivity contribution in [3.05, 3.63) is 30.3 Å². The predicted molar refractivity (Wildman–Crippen MR) is 52.4 cm³/mol. The van der Waals surface area contributed by atoms with Gasteiger partial charge in [-0.15, -0.1) is 0 Å². The van der Waals surface area contributed by atoms with E-state index >= 15 is 0 Å². The van der Waals surface area contributed by atoms with Crippen molar-refractivity contribution in [2.24, 2.45) is 4.40 Å². The highest BCUT2D eigenvalue weighted by molar-refractivity contribution is 7.90. The molecule has 0 saturated heterocycles. The maximum absolute atomic E-state index is 11.5. The van der Waals surface area contributed by atoms with Crippen LogP contribution in [0.25, 0.3) is 0 Å². The van der Waals surface area contributed by atoms with Gasteiger partial charge in [-0.2, -0.15) is 12.8 Å². The minimum Gasteiger partial charge on any atom is -0.199 e. The molecule has 4 heteroatoms. The summed E-state index contributed by atoms with van der Waals surface area (Å²) in [4.78, 5) is 0.233. The fourth-order valence-corrected chi connectivity index (χ4v) is 1.97. The Labute approximate surface area is 78.2 Å². The smallest absolute Gasteiger partial charge is 0.199 e. The van der Waals surface area contributed by atoms with Crippen LogP contribution in [0.3, 0.4) is 0 Å². The Hall–Kier alpha value is -1.16. The molecular formula is C9H11NO2S. The summed E-state index contributed by atoms with van der Waals surface area (Å²) in [6, 6.07) is 8.17. The lowest BCUT2D eigenvalue weighted by Gasteiger charge is -1.97. The Kier molecular flexibility index (Phi) is 2.83. The molecule has 0 atom stereocenters. The first-order chi connectivity index (χ1) is 6.02. The van der Waals surface area contributed by atoms with E-state index in [4.69, 9.17) is 0 Å². The normalized spacial score (nSPS) is 10.9. The van der Waals surface area contributed by atoms with E-state index < -0.39 is 10.0 Å². The predicted octanol–water partition coefficient (Wildman–Crippen LogP) is 1.86. The number of hydrogen-bond donors (Lipinski definition) is 0. The van der Waals surface area contributed by atoms with Gasteiger partial charge in [-0.25, -0.2) is 0 Å². The van der Waals surface area contributed by atoms with Crippen molar-refractivity contribution in [2.75, 3.05) is 0 Å². The highest BCUT2D eigenvalue weighted by Gasteiger charge is 2.10. The summed E-state index contributed by atoms with van der Waals surface area (Å²) < 4.78 is 26.5. The van der Waals surface area contributed by atoms with E-state index in [1.54, 1.807) is 32.0 Å². The van der Waals surface area contributed by atoms with Crippen LogP contribution in [0, 0.1) is 0 Å². The molecule has 1 aromatic carbocycles. The van der Waals surface area contributed by atoms with E-state index in [1.807, 2.05) is 0 Å². The molecule has 13 heavy (non-hydrogen) atoms. The van der Waals surface area contributed by atoms with Crippen molar-refractivity contribution in [1.82, 2.24) is 0 Å². The van der Waals surface area contributed by atoms with Crippen LogP contribution in [-0.4, -0.2) is 14.1 Å². The topological polar surface area (TPSA) is 46.5 Å². The average Bonchev–Trinajstić information content (AvgIpc) is 2.04. The lowest BCUT2D eigenvalue weighted by atomic mass is 10.4. The zero-order chi connectivity index (χ0) is 9.90. The maximum Gasteiger partial charge on any atom is 0.282 e. The number of nitrogens with zero attached hydrogens (tertiary/aromatic N) is 1. The third-order valence-corrected chi connectivity index (χ3v) is 2.82. The van der Waals surface area contributed by atoms with Crippen molar-refractivity contribution >= 4 is 15.7 Å². The standard InChI is InChI=1S/C9H11NO2S/c1-8(2)10-13(11,12)9-6-4-3-5-7-9/h3-7H,1-2H3. The largest absolute Gasteiger partial charge is 0.282 e. The van der Waals surface area contributed by atoms with Crippen molar-refractivity contribution in [3.8, 4) is 0 Å². The third-order valence-electron chi connectivity index (χ3n) is 1.34. The molecular weight excluding hydrogens is 186 g/mol. The first-order valence-electron chi connectivity index (χ1n) is 3.85. The Balaban J connectivity index is 3.18. The lowest BCUT2D eigenvalue weighted by molar-refractivity contribution is 0.598. The van der Waals surface area contributed by atoms with Crippen molar-refractivity contribution < 1.29 is 8.42 Å². The van der Waals surface area contributed by atoms with Crippen LogP contribution in [0.4, 0.5) is 0 Å². The number of rotatable bonds is 2. The summed E-state index contributed by atoms with van der Waals surface area (Å²) in [5.41, 5.74) is 0.531. The van der Waals surface area contributed by atoms with Gasteiger partial charge >= 0.3 is 0 Å². The second-order valence-corrected chi connectivity index (χ2v) is 4.43. The van der Waals surface area contributed by atoms with E-state index in [0.29, 0.717) is 5.71 Å². The molecule has 0 spiro atoms. The lowest BCUT2D eigenvalue weighted by Crippen LogP contribution is -1.98. The van der Waals surface area contributed by atoms with Crippen LogP contribution < -0.4 is 0 Å². The zero-order valence-electron chi connectivity index (χ0n) is 7.56. The molecule has 0 unspecified atom stereocenters. The Morgan fingerprint density at radius 1 is 1.15 bits per heavy atom.